The van der Waals surface area contributed by atoms with E-state index in [1.165, 1.54) is 11.1 Å². The van der Waals surface area contributed by atoms with E-state index in [4.69, 9.17) is 18.9 Å². The average molecular weight is 500 g/mol. The molecule has 0 unspecified atom stereocenters. The molecule has 3 rings (SSSR count). The summed E-state index contributed by atoms with van der Waals surface area (Å²) < 4.78 is 23.3. The number of hydrogen-bond donors (Lipinski definition) is 1. The van der Waals surface area contributed by atoms with Gasteiger partial charge < -0.3 is 24.3 Å². The summed E-state index contributed by atoms with van der Waals surface area (Å²) in [6, 6.07) is 18.2. The summed E-state index contributed by atoms with van der Waals surface area (Å²) in [5.74, 6) is 2.93. The summed E-state index contributed by atoms with van der Waals surface area (Å²) >= 11 is 3.68. The normalized spacial score (nSPS) is 10.7. The van der Waals surface area contributed by atoms with Crippen LogP contribution < -0.4 is 24.3 Å². The molecule has 5 nitrogen and oxygen atoms in total. The number of halogens is 1. The van der Waals surface area contributed by atoms with Crippen molar-refractivity contribution < 1.29 is 18.9 Å². The first-order chi connectivity index (χ1) is 15.5. The van der Waals surface area contributed by atoms with E-state index in [0.717, 1.165) is 51.6 Å². The van der Waals surface area contributed by atoms with Crippen LogP contribution in [0.4, 0.5) is 0 Å². The zero-order valence-corrected chi connectivity index (χ0v) is 20.6. The second-order valence-corrected chi connectivity index (χ2v) is 8.28. The van der Waals surface area contributed by atoms with Crippen LogP contribution in [0, 0.1) is 6.92 Å². The van der Waals surface area contributed by atoms with Gasteiger partial charge in [0.1, 0.15) is 6.61 Å². The van der Waals surface area contributed by atoms with Gasteiger partial charge in [-0.25, -0.2) is 0 Å². The van der Waals surface area contributed by atoms with Gasteiger partial charge in [-0.05, 0) is 66.4 Å². The highest BCUT2D eigenvalue weighted by molar-refractivity contribution is 9.10. The molecule has 1 N–H and O–H groups in total. The first-order valence-corrected chi connectivity index (χ1v) is 11.3. The molecule has 0 aliphatic carbocycles. The fourth-order valence-electron chi connectivity index (χ4n) is 3.40. The van der Waals surface area contributed by atoms with Gasteiger partial charge in [0.15, 0.2) is 23.0 Å². The third-order valence-corrected chi connectivity index (χ3v) is 6.07. The zero-order valence-electron chi connectivity index (χ0n) is 19.0. The molecule has 3 aromatic rings. The highest BCUT2D eigenvalue weighted by Gasteiger charge is 2.11. The van der Waals surface area contributed by atoms with Crippen molar-refractivity contribution in [1.82, 2.24) is 5.32 Å². The average Bonchev–Trinajstić information content (AvgIpc) is 2.82. The molecule has 0 spiro atoms. The molecule has 0 amide bonds. The topological polar surface area (TPSA) is 49.0 Å². The number of benzene rings is 3. The summed E-state index contributed by atoms with van der Waals surface area (Å²) in [5, 5.41) is 3.49. The van der Waals surface area contributed by atoms with Crippen molar-refractivity contribution in [2.45, 2.75) is 26.5 Å². The number of nitrogens with one attached hydrogen (secondary N) is 1. The van der Waals surface area contributed by atoms with E-state index in [1.54, 1.807) is 21.3 Å². The van der Waals surface area contributed by atoms with Crippen LogP contribution in [0.25, 0.3) is 0 Å². The van der Waals surface area contributed by atoms with Gasteiger partial charge in [0.2, 0.25) is 0 Å². The van der Waals surface area contributed by atoms with Crippen LogP contribution in [-0.2, 0) is 19.6 Å². The Labute approximate surface area is 198 Å². The standard InChI is InChI=1S/C26H30BrNO4/c1-18-7-5-6-8-20(18)17-32-26-15-22(27)21(14-25(26)31-4)16-28-12-11-19-9-10-23(29-2)24(13-19)30-3/h5-10,13-15,28H,11-12,16-17H2,1-4H3. The van der Waals surface area contributed by atoms with Crippen molar-refractivity contribution in [1.29, 1.82) is 0 Å². The van der Waals surface area contributed by atoms with Crippen LogP contribution in [0.5, 0.6) is 23.0 Å². The molecule has 0 saturated heterocycles. The smallest absolute Gasteiger partial charge is 0.162 e. The molecule has 0 radical (unpaired) electrons. The molecule has 32 heavy (non-hydrogen) atoms. The SMILES string of the molecule is COc1ccc(CCNCc2cc(OC)c(OCc3ccccc3C)cc2Br)cc1OC. The quantitative estimate of drug-likeness (QED) is 0.343. The number of aryl methyl sites for hydroxylation is 1. The predicted octanol–water partition coefficient (Wildman–Crippen LogP) is 5.69. The molecule has 0 saturated carbocycles. The van der Waals surface area contributed by atoms with Crippen molar-refractivity contribution in [3.05, 3.63) is 81.3 Å². The molecule has 3 aromatic carbocycles. The van der Waals surface area contributed by atoms with Crippen LogP contribution in [0.3, 0.4) is 0 Å². The Hall–Kier alpha value is -2.70. The summed E-state index contributed by atoms with van der Waals surface area (Å²) in [5.41, 5.74) is 4.66. The molecular weight excluding hydrogens is 470 g/mol. The lowest BCUT2D eigenvalue weighted by Crippen LogP contribution is -2.17. The van der Waals surface area contributed by atoms with Crippen molar-refractivity contribution >= 4 is 15.9 Å². The second-order valence-electron chi connectivity index (χ2n) is 7.43. The molecular formula is C26H30BrNO4. The summed E-state index contributed by atoms with van der Waals surface area (Å²) in [6.45, 7) is 4.12. The van der Waals surface area contributed by atoms with E-state index in [1.807, 2.05) is 36.4 Å². The second kappa shape index (κ2) is 11.8. The highest BCUT2D eigenvalue weighted by atomic mass is 79.9. The van der Waals surface area contributed by atoms with E-state index < -0.39 is 0 Å². The maximum absolute atomic E-state index is 6.06. The Morgan fingerprint density at radius 2 is 1.50 bits per heavy atom. The lowest BCUT2D eigenvalue weighted by molar-refractivity contribution is 0.283. The molecule has 0 aliphatic rings. The van der Waals surface area contributed by atoms with Crippen LogP contribution in [0.2, 0.25) is 0 Å². The molecule has 0 aliphatic heterocycles. The van der Waals surface area contributed by atoms with Gasteiger partial charge >= 0.3 is 0 Å². The molecule has 0 bridgehead atoms. The third-order valence-electron chi connectivity index (χ3n) is 5.33. The minimum Gasteiger partial charge on any atom is -0.493 e. The minimum absolute atomic E-state index is 0.498. The molecule has 170 valence electrons. The first kappa shape index (κ1) is 24.0. The molecule has 0 fully saturated rings. The van der Waals surface area contributed by atoms with E-state index in [9.17, 15) is 0 Å². The van der Waals surface area contributed by atoms with Crippen LogP contribution >= 0.6 is 15.9 Å². The lowest BCUT2D eigenvalue weighted by atomic mass is 10.1. The Kier molecular flexibility index (Phi) is 8.82. The number of methoxy groups -OCH3 is 3. The van der Waals surface area contributed by atoms with E-state index in [2.05, 4.69) is 46.4 Å². The molecule has 0 atom stereocenters. The Bertz CT molecular complexity index is 1040. The largest absolute Gasteiger partial charge is 0.493 e. The monoisotopic (exact) mass is 499 g/mol. The summed E-state index contributed by atoms with van der Waals surface area (Å²) in [6.07, 6.45) is 0.882. The van der Waals surface area contributed by atoms with E-state index in [0.29, 0.717) is 13.2 Å². The minimum atomic E-state index is 0.498. The Morgan fingerprint density at radius 3 is 2.22 bits per heavy atom. The van der Waals surface area contributed by atoms with Crippen LogP contribution in [-0.4, -0.2) is 27.9 Å². The molecule has 0 heterocycles. The number of hydrogen-bond acceptors (Lipinski definition) is 5. The predicted molar refractivity (Wildman–Crippen MR) is 131 cm³/mol. The summed E-state index contributed by atoms with van der Waals surface area (Å²) in [4.78, 5) is 0. The molecule has 0 aromatic heterocycles. The maximum Gasteiger partial charge on any atom is 0.162 e. The van der Waals surface area contributed by atoms with Crippen molar-refractivity contribution in [2.75, 3.05) is 27.9 Å². The summed E-state index contributed by atoms with van der Waals surface area (Å²) in [7, 11) is 4.96. The van der Waals surface area contributed by atoms with Gasteiger partial charge in [0.25, 0.3) is 0 Å². The van der Waals surface area contributed by atoms with Gasteiger partial charge in [0.05, 0.1) is 21.3 Å². The fraction of sp³-hybridized carbons (Fsp3) is 0.308. The number of rotatable bonds is 11. The Morgan fingerprint density at radius 1 is 0.781 bits per heavy atom. The van der Waals surface area contributed by atoms with Crippen LogP contribution in [0.15, 0.2) is 59.1 Å². The third kappa shape index (κ3) is 6.17. The van der Waals surface area contributed by atoms with Crippen molar-refractivity contribution in [3.8, 4) is 23.0 Å². The van der Waals surface area contributed by atoms with Crippen molar-refractivity contribution in [3.63, 3.8) is 0 Å². The maximum atomic E-state index is 6.06. The number of ether oxygens (including phenoxy) is 4. The van der Waals surface area contributed by atoms with Gasteiger partial charge in [0, 0.05) is 11.0 Å². The van der Waals surface area contributed by atoms with Gasteiger partial charge in [-0.15, -0.1) is 0 Å². The van der Waals surface area contributed by atoms with Crippen molar-refractivity contribution in [2.24, 2.45) is 0 Å². The van der Waals surface area contributed by atoms with E-state index >= 15 is 0 Å². The Balaban J connectivity index is 1.58. The van der Waals surface area contributed by atoms with Gasteiger partial charge in [-0.3, -0.25) is 0 Å². The molecule has 6 heteroatoms. The lowest BCUT2D eigenvalue weighted by Gasteiger charge is -2.15. The highest BCUT2D eigenvalue weighted by Crippen LogP contribution is 2.34. The van der Waals surface area contributed by atoms with E-state index in [-0.39, 0.29) is 0 Å². The first-order valence-electron chi connectivity index (χ1n) is 10.5. The van der Waals surface area contributed by atoms with Crippen LogP contribution in [0.1, 0.15) is 22.3 Å². The zero-order chi connectivity index (χ0) is 22.9. The fourth-order valence-corrected chi connectivity index (χ4v) is 3.87. The van der Waals surface area contributed by atoms with Gasteiger partial charge in [-0.1, -0.05) is 46.3 Å². The van der Waals surface area contributed by atoms with Gasteiger partial charge in [-0.2, -0.15) is 0 Å².